The molecule has 2 atom stereocenters. The minimum Gasteiger partial charge on any atom is -0.461 e. The first kappa shape index (κ1) is 13.4. The lowest BCUT2D eigenvalue weighted by Crippen LogP contribution is -2.48. The van der Waals surface area contributed by atoms with Crippen molar-refractivity contribution in [1.82, 2.24) is 4.90 Å². The number of fused-ring (bicyclic) bond motifs is 6. The number of amidine groups is 1. The molecule has 2 aromatic rings. The van der Waals surface area contributed by atoms with Crippen molar-refractivity contribution in [3.8, 4) is 5.75 Å². The van der Waals surface area contributed by atoms with E-state index in [4.69, 9.17) is 9.73 Å². The van der Waals surface area contributed by atoms with Crippen molar-refractivity contribution in [2.24, 2.45) is 4.99 Å². The van der Waals surface area contributed by atoms with E-state index in [1.165, 1.54) is 17.7 Å². The molecular formula is C18H15FN2OS. The van der Waals surface area contributed by atoms with Gasteiger partial charge in [-0.25, -0.2) is 9.38 Å². The number of aliphatic imine (C=N–C) groups is 1. The van der Waals surface area contributed by atoms with Gasteiger partial charge in [-0.1, -0.05) is 42.1 Å². The molecule has 5 rings (SSSR count). The SMILES string of the molecule is Fc1ccc([C@]23C[C@@H](c4ccccc4O2)N2CCSC2=N3)cc1. The fraction of sp³-hybridized carbons (Fsp3) is 0.278. The van der Waals surface area contributed by atoms with Gasteiger partial charge in [-0.15, -0.1) is 0 Å². The molecular weight excluding hydrogens is 311 g/mol. The Bertz CT molecular complexity index is 807. The average molecular weight is 326 g/mol. The van der Waals surface area contributed by atoms with Gasteiger partial charge in [0.1, 0.15) is 11.6 Å². The van der Waals surface area contributed by atoms with E-state index < -0.39 is 5.72 Å². The fourth-order valence-corrected chi connectivity index (χ4v) is 4.76. The molecule has 3 heterocycles. The second-order valence-corrected chi connectivity index (χ2v) is 7.15. The molecule has 3 nitrogen and oxygen atoms in total. The maximum Gasteiger partial charge on any atom is 0.231 e. The Hall–Kier alpha value is -2.01. The molecule has 2 bridgehead atoms. The Morgan fingerprint density at radius 1 is 1.17 bits per heavy atom. The van der Waals surface area contributed by atoms with E-state index >= 15 is 0 Å². The zero-order valence-corrected chi connectivity index (χ0v) is 13.2. The zero-order valence-electron chi connectivity index (χ0n) is 12.4. The highest BCUT2D eigenvalue weighted by Crippen LogP contribution is 2.52. The maximum atomic E-state index is 13.3. The molecule has 0 unspecified atom stereocenters. The van der Waals surface area contributed by atoms with Gasteiger partial charge in [0.25, 0.3) is 0 Å². The van der Waals surface area contributed by atoms with Crippen molar-refractivity contribution in [1.29, 1.82) is 0 Å². The number of nitrogens with zero attached hydrogens (tertiary/aromatic N) is 2. The van der Waals surface area contributed by atoms with Gasteiger partial charge >= 0.3 is 0 Å². The third-order valence-electron chi connectivity index (χ3n) is 4.78. The molecule has 5 heteroatoms. The van der Waals surface area contributed by atoms with Gasteiger partial charge in [0, 0.05) is 29.8 Å². The molecule has 3 aliphatic heterocycles. The molecule has 0 saturated carbocycles. The van der Waals surface area contributed by atoms with Crippen LogP contribution in [0.2, 0.25) is 0 Å². The third kappa shape index (κ3) is 1.92. The molecule has 0 N–H and O–H groups in total. The van der Waals surface area contributed by atoms with Crippen LogP contribution in [0.25, 0.3) is 0 Å². The first-order valence-electron chi connectivity index (χ1n) is 7.78. The zero-order chi connectivity index (χ0) is 15.4. The number of thioether (sulfide) groups is 1. The quantitative estimate of drug-likeness (QED) is 0.794. The molecule has 0 radical (unpaired) electrons. The summed E-state index contributed by atoms with van der Waals surface area (Å²) in [5.74, 6) is 1.70. The van der Waals surface area contributed by atoms with E-state index in [1.807, 2.05) is 12.1 Å². The van der Waals surface area contributed by atoms with Crippen LogP contribution in [0.3, 0.4) is 0 Å². The van der Waals surface area contributed by atoms with E-state index in [0.29, 0.717) is 0 Å². The standard InChI is InChI=1S/C18H15FN2OS/c19-13-7-5-12(6-8-13)18-11-15(21-9-10-23-17(21)20-18)14-3-1-2-4-16(14)22-18/h1-8,15H,9-11H2/t15-,18-/m0/s1. The Morgan fingerprint density at radius 2 is 2.00 bits per heavy atom. The van der Waals surface area contributed by atoms with Gasteiger partial charge in [-0.3, -0.25) is 0 Å². The van der Waals surface area contributed by atoms with Gasteiger partial charge < -0.3 is 9.64 Å². The van der Waals surface area contributed by atoms with Crippen molar-refractivity contribution in [2.75, 3.05) is 12.3 Å². The lowest BCUT2D eigenvalue weighted by atomic mass is 9.86. The van der Waals surface area contributed by atoms with Crippen molar-refractivity contribution in [2.45, 2.75) is 18.2 Å². The summed E-state index contributed by atoms with van der Waals surface area (Å²) in [6.07, 6.45) is 0.764. The third-order valence-corrected chi connectivity index (χ3v) is 5.75. The maximum absolute atomic E-state index is 13.3. The van der Waals surface area contributed by atoms with Crippen molar-refractivity contribution in [3.63, 3.8) is 0 Å². The summed E-state index contributed by atoms with van der Waals surface area (Å²) >= 11 is 1.78. The van der Waals surface area contributed by atoms with Crippen LogP contribution >= 0.6 is 11.8 Å². The monoisotopic (exact) mass is 326 g/mol. The summed E-state index contributed by atoms with van der Waals surface area (Å²) in [6.45, 7) is 1.02. The Balaban J connectivity index is 1.71. The number of benzene rings is 2. The molecule has 116 valence electrons. The smallest absolute Gasteiger partial charge is 0.231 e. The van der Waals surface area contributed by atoms with Crippen molar-refractivity contribution < 1.29 is 9.13 Å². The van der Waals surface area contributed by atoms with Crippen LogP contribution in [0.5, 0.6) is 5.75 Å². The minimum atomic E-state index is -0.740. The Morgan fingerprint density at radius 3 is 2.87 bits per heavy atom. The van der Waals surface area contributed by atoms with E-state index in [2.05, 4.69) is 17.0 Å². The molecule has 23 heavy (non-hydrogen) atoms. The van der Waals surface area contributed by atoms with E-state index in [-0.39, 0.29) is 11.9 Å². The van der Waals surface area contributed by atoms with Gasteiger partial charge in [-0.2, -0.15) is 0 Å². The summed E-state index contributed by atoms with van der Waals surface area (Å²) in [5.41, 5.74) is 1.40. The highest BCUT2D eigenvalue weighted by Gasteiger charge is 2.50. The van der Waals surface area contributed by atoms with Crippen molar-refractivity contribution in [3.05, 3.63) is 65.5 Å². The van der Waals surface area contributed by atoms with Crippen LogP contribution in [0.15, 0.2) is 53.5 Å². The molecule has 0 amide bonds. The van der Waals surface area contributed by atoms with Crippen molar-refractivity contribution >= 4 is 16.9 Å². The fourth-order valence-electron chi connectivity index (χ4n) is 3.70. The number of halogens is 1. The molecule has 2 aromatic carbocycles. The highest BCUT2D eigenvalue weighted by molar-refractivity contribution is 8.14. The summed E-state index contributed by atoms with van der Waals surface area (Å²) in [4.78, 5) is 7.34. The molecule has 1 saturated heterocycles. The van der Waals surface area contributed by atoms with Crippen LogP contribution < -0.4 is 4.74 Å². The summed E-state index contributed by atoms with van der Waals surface area (Å²) in [7, 11) is 0. The number of rotatable bonds is 1. The molecule has 3 aliphatic rings. The number of hydrogen-bond acceptors (Lipinski definition) is 4. The van der Waals surface area contributed by atoms with Crippen LogP contribution in [-0.4, -0.2) is 22.4 Å². The van der Waals surface area contributed by atoms with E-state index in [1.54, 1.807) is 23.9 Å². The first-order chi connectivity index (χ1) is 11.3. The molecule has 0 aromatic heterocycles. The summed E-state index contributed by atoms with van der Waals surface area (Å²) in [5, 5.41) is 1.04. The Labute approximate surface area is 138 Å². The number of hydrogen-bond donors (Lipinski definition) is 0. The minimum absolute atomic E-state index is 0.238. The topological polar surface area (TPSA) is 24.8 Å². The summed E-state index contributed by atoms with van der Waals surface area (Å²) in [6, 6.07) is 15.0. The second kappa shape index (κ2) is 4.74. The Kier molecular flexibility index (Phi) is 2.77. The van der Waals surface area contributed by atoms with Gasteiger partial charge in [0.15, 0.2) is 5.17 Å². The lowest BCUT2D eigenvalue weighted by Gasteiger charge is -2.47. The highest BCUT2D eigenvalue weighted by atomic mass is 32.2. The van der Waals surface area contributed by atoms with Crippen LogP contribution in [-0.2, 0) is 5.72 Å². The second-order valence-electron chi connectivity index (χ2n) is 6.09. The average Bonchev–Trinajstić information content (AvgIpc) is 3.03. The predicted octanol–water partition coefficient (Wildman–Crippen LogP) is 3.92. The summed E-state index contributed by atoms with van der Waals surface area (Å²) < 4.78 is 19.7. The largest absolute Gasteiger partial charge is 0.461 e. The number of ether oxygens (including phenoxy) is 1. The van der Waals surface area contributed by atoms with Crippen LogP contribution in [0, 0.1) is 5.82 Å². The molecule has 0 aliphatic carbocycles. The molecule has 1 fully saturated rings. The molecule has 0 spiro atoms. The first-order valence-corrected chi connectivity index (χ1v) is 8.77. The van der Waals surface area contributed by atoms with Crippen LogP contribution in [0.1, 0.15) is 23.6 Å². The van der Waals surface area contributed by atoms with E-state index in [9.17, 15) is 4.39 Å². The van der Waals surface area contributed by atoms with Gasteiger partial charge in [0.2, 0.25) is 5.72 Å². The lowest BCUT2D eigenvalue weighted by molar-refractivity contribution is 0.00723. The van der Waals surface area contributed by atoms with Crippen LogP contribution in [0.4, 0.5) is 4.39 Å². The normalized spacial score (nSPS) is 27.8. The van der Waals surface area contributed by atoms with Gasteiger partial charge in [-0.05, 0) is 18.2 Å². The predicted molar refractivity (Wildman–Crippen MR) is 89.1 cm³/mol. The van der Waals surface area contributed by atoms with E-state index in [0.717, 1.165) is 35.2 Å². The number of para-hydroxylation sites is 1. The van der Waals surface area contributed by atoms with Gasteiger partial charge in [0.05, 0.1) is 6.04 Å².